The second-order valence-electron chi connectivity index (χ2n) is 4.11. The van der Waals surface area contributed by atoms with Gasteiger partial charge in [0.25, 0.3) is 5.69 Å². The van der Waals surface area contributed by atoms with E-state index >= 15 is 0 Å². The van der Waals surface area contributed by atoms with Crippen molar-refractivity contribution >= 4 is 11.7 Å². The quantitative estimate of drug-likeness (QED) is 0.646. The molecular weight excluding hydrogens is 278 g/mol. The van der Waals surface area contributed by atoms with E-state index in [2.05, 4.69) is 0 Å². The number of hydrogen-bond donors (Lipinski definition) is 2. The van der Waals surface area contributed by atoms with E-state index in [1.54, 1.807) is 24.3 Å². The maximum absolute atomic E-state index is 11.2. The molecule has 0 atom stereocenters. The number of ether oxygens (including phenoxy) is 1. The van der Waals surface area contributed by atoms with E-state index in [1.807, 2.05) is 0 Å². The van der Waals surface area contributed by atoms with Gasteiger partial charge in [0.1, 0.15) is 17.1 Å². The van der Waals surface area contributed by atoms with Crippen molar-refractivity contribution in [2.45, 2.75) is 6.61 Å². The molecule has 0 aromatic heterocycles. The lowest BCUT2D eigenvalue weighted by molar-refractivity contribution is -0.384. The monoisotopic (exact) mass is 289 g/mol. The highest BCUT2D eigenvalue weighted by Crippen LogP contribution is 2.30. The van der Waals surface area contributed by atoms with Gasteiger partial charge in [-0.2, -0.15) is 0 Å². The first-order valence-corrected chi connectivity index (χ1v) is 5.91. The minimum atomic E-state index is -1.34. The zero-order valence-electron chi connectivity index (χ0n) is 10.7. The smallest absolute Gasteiger partial charge is 0.339 e. The van der Waals surface area contributed by atoms with Crippen LogP contribution in [0.4, 0.5) is 5.69 Å². The average Bonchev–Trinajstić information content (AvgIpc) is 2.47. The number of aliphatic hydroxyl groups excluding tert-OH is 1. The van der Waals surface area contributed by atoms with Crippen molar-refractivity contribution in [2.75, 3.05) is 0 Å². The van der Waals surface area contributed by atoms with E-state index in [9.17, 15) is 20.0 Å². The normalized spacial score (nSPS) is 10.1. The Kier molecular flexibility index (Phi) is 4.15. The van der Waals surface area contributed by atoms with E-state index in [-0.39, 0.29) is 29.4 Å². The van der Waals surface area contributed by atoms with Gasteiger partial charge < -0.3 is 14.9 Å². The molecule has 0 fully saturated rings. The molecule has 2 aromatic rings. The predicted molar refractivity (Wildman–Crippen MR) is 72.5 cm³/mol. The third-order valence-corrected chi connectivity index (χ3v) is 2.77. The Labute approximate surface area is 119 Å². The summed E-state index contributed by atoms with van der Waals surface area (Å²) in [6.45, 7) is -0.272. The van der Waals surface area contributed by atoms with Crippen molar-refractivity contribution in [3.8, 4) is 11.5 Å². The van der Waals surface area contributed by atoms with Gasteiger partial charge in [-0.3, -0.25) is 10.1 Å². The number of nitro benzene ring substituents is 1. The van der Waals surface area contributed by atoms with Crippen LogP contribution in [0.25, 0.3) is 0 Å². The number of para-hydroxylation sites is 1. The first-order chi connectivity index (χ1) is 10.0. The van der Waals surface area contributed by atoms with Gasteiger partial charge in [-0.25, -0.2) is 4.79 Å². The van der Waals surface area contributed by atoms with E-state index in [1.165, 1.54) is 6.07 Å². The summed E-state index contributed by atoms with van der Waals surface area (Å²) in [6.07, 6.45) is 0. The minimum Gasteiger partial charge on any atom is -0.478 e. The molecule has 0 saturated carbocycles. The van der Waals surface area contributed by atoms with Crippen LogP contribution in [-0.2, 0) is 6.61 Å². The van der Waals surface area contributed by atoms with E-state index in [0.717, 1.165) is 12.1 Å². The molecule has 0 amide bonds. The highest BCUT2D eigenvalue weighted by Gasteiger charge is 2.18. The molecule has 0 aliphatic rings. The second-order valence-corrected chi connectivity index (χ2v) is 4.11. The topological polar surface area (TPSA) is 110 Å². The fourth-order valence-electron chi connectivity index (χ4n) is 1.74. The standard InChI is InChI=1S/C14H11NO6/c16-8-9-3-1-2-4-12(9)21-13-6-5-10(15(19)20)7-11(13)14(17)18/h1-7,16H,8H2,(H,17,18). The number of benzene rings is 2. The fraction of sp³-hybridized carbons (Fsp3) is 0.0714. The minimum absolute atomic E-state index is 0.0333. The van der Waals surface area contributed by atoms with Crippen LogP contribution in [0.1, 0.15) is 15.9 Å². The molecule has 0 aliphatic carbocycles. The van der Waals surface area contributed by atoms with Crippen molar-refractivity contribution in [1.29, 1.82) is 0 Å². The van der Waals surface area contributed by atoms with Crippen LogP contribution in [0.15, 0.2) is 42.5 Å². The second kappa shape index (κ2) is 6.02. The third-order valence-electron chi connectivity index (χ3n) is 2.77. The van der Waals surface area contributed by atoms with Gasteiger partial charge in [-0.15, -0.1) is 0 Å². The van der Waals surface area contributed by atoms with Crippen molar-refractivity contribution in [1.82, 2.24) is 0 Å². The predicted octanol–water partition coefficient (Wildman–Crippen LogP) is 2.58. The number of carboxylic acid groups (broad SMARTS) is 1. The molecule has 21 heavy (non-hydrogen) atoms. The van der Waals surface area contributed by atoms with Gasteiger partial charge in [0.05, 0.1) is 11.5 Å². The Balaban J connectivity index is 2.44. The van der Waals surface area contributed by atoms with Gasteiger partial charge in [0, 0.05) is 17.7 Å². The SMILES string of the molecule is O=C(O)c1cc([N+](=O)[O-])ccc1Oc1ccccc1CO. The van der Waals surface area contributed by atoms with E-state index < -0.39 is 10.9 Å². The Bertz CT molecular complexity index is 698. The van der Waals surface area contributed by atoms with Crippen molar-refractivity contribution in [2.24, 2.45) is 0 Å². The molecule has 108 valence electrons. The highest BCUT2D eigenvalue weighted by molar-refractivity contribution is 5.91. The molecular formula is C14H11NO6. The number of non-ortho nitro benzene ring substituents is 1. The van der Waals surface area contributed by atoms with Crippen LogP contribution < -0.4 is 4.74 Å². The van der Waals surface area contributed by atoms with E-state index in [0.29, 0.717) is 5.56 Å². The van der Waals surface area contributed by atoms with Gasteiger partial charge in [-0.05, 0) is 12.1 Å². The first-order valence-electron chi connectivity index (χ1n) is 5.91. The van der Waals surface area contributed by atoms with Crippen LogP contribution in [0.2, 0.25) is 0 Å². The Morgan fingerprint density at radius 2 is 1.90 bits per heavy atom. The Hall–Kier alpha value is -2.93. The number of nitro groups is 1. The maximum atomic E-state index is 11.2. The summed E-state index contributed by atoms with van der Waals surface area (Å²) in [5, 5.41) is 29.0. The molecule has 0 spiro atoms. The Morgan fingerprint density at radius 1 is 1.19 bits per heavy atom. The molecule has 0 saturated heterocycles. The molecule has 2 rings (SSSR count). The zero-order valence-corrected chi connectivity index (χ0v) is 10.7. The number of aromatic carboxylic acids is 1. The molecule has 0 aliphatic heterocycles. The highest BCUT2D eigenvalue weighted by atomic mass is 16.6. The van der Waals surface area contributed by atoms with Gasteiger partial charge in [0.15, 0.2) is 0 Å². The van der Waals surface area contributed by atoms with Gasteiger partial charge in [0.2, 0.25) is 0 Å². The van der Waals surface area contributed by atoms with Crippen molar-refractivity contribution in [3.63, 3.8) is 0 Å². The summed E-state index contributed by atoms with van der Waals surface area (Å²) in [4.78, 5) is 21.2. The molecule has 0 heterocycles. The summed E-state index contributed by atoms with van der Waals surface area (Å²) in [5.74, 6) is -1.08. The summed E-state index contributed by atoms with van der Waals surface area (Å²) in [6, 6.07) is 9.87. The molecule has 7 nitrogen and oxygen atoms in total. The number of carboxylic acids is 1. The van der Waals surface area contributed by atoms with E-state index in [4.69, 9.17) is 9.84 Å². The zero-order chi connectivity index (χ0) is 15.4. The lowest BCUT2D eigenvalue weighted by Crippen LogP contribution is -2.02. The van der Waals surface area contributed by atoms with Crippen LogP contribution >= 0.6 is 0 Å². The summed E-state index contributed by atoms with van der Waals surface area (Å²) in [7, 11) is 0. The lowest BCUT2D eigenvalue weighted by atomic mass is 10.1. The number of rotatable bonds is 5. The van der Waals surface area contributed by atoms with Crippen molar-refractivity contribution < 1.29 is 24.7 Å². The first kappa shape index (κ1) is 14.5. The molecule has 2 N–H and O–H groups in total. The average molecular weight is 289 g/mol. The summed E-state index contributed by atoms with van der Waals surface area (Å²) < 4.78 is 5.46. The van der Waals surface area contributed by atoms with Crippen molar-refractivity contribution in [3.05, 3.63) is 63.7 Å². The van der Waals surface area contributed by atoms with Crippen LogP contribution in [0.3, 0.4) is 0 Å². The number of carbonyl (C=O) groups is 1. The number of aliphatic hydroxyl groups is 1. The van der Waals surface area contributed by atoms with Crippen LogP contribution in [-0.4, -0.2) is 21.1 Å². The van der Waals surface area contributed by atoms with Crippen LogP contribution in [0, 0.1) is 10.1 Å². The van der Waals surface area contributed by atoms with Gasteiger partial charge >= 0.3 is 5.97 Å². The van der Waals surface area contributed by atoms with Gasteiger partial charge in [-0.1, -0.05) is 18.2 Å². The molecule has 2 aromatic carbocycles. The molecule has 0 bridgehead atoms. The summed E-state index contributed by atoms with van der Waals surface area (Å²) >= 11 is 0. The Morgan fingerprint density at radius 3 is 2.52 bits per heavy atom. The lowest BCUT2D eigenvalue weighted by Gasteiger charge is -2.11. The fourth-order valence-corrected chi connectivity index (χ4v) is 1.74. The number of hydrogen-bond acceptors (Lipinski definition) is 5. The largest absolute Gasteiger partial charge is 0.478 e. The molecule has 7 heteroatoms. The molecule has 0 unspecified atom stereocenters. The summed E-state index contributed by atoms with van der Waals surface area (Å²) in [5.41, 5.74) is -0.181. The maximum Gasteiger partial charge on any atom is 0.339 e. The van der Waals surface area contributed by atoms with Crippen LogP contribution in [0.5, 0.6) is 11.5 Å². The number of nitrogens with zero attached hydrogens (tertiary/aromatic N) is 1. The third kappa shape index (κ3) is 3.15. The molecule has 0 radical (unpaired) electrons.